The molecule has 0 bridgehead atoms. The summed E-state index contributed by atoms with van der Waals surface area (Å²) in [4.78, 5) is 25.7. The zero-order valence-electron chi connectivity index (χ0n) is 16.8. The molecule has 1 fully saturated rings. The number of hydrogen-bond donors (Lipinski definition) is 4. The fourth-order valence-electron chi connectivity index (χ4n) is 3.32. The van der Waals surface area contributed by atoms with Crippen LogP contribution in [0.4, 0.5) is 5.82 Å². The monoisotopic (exact) mass is 419 g/mol. The Balaban J connectivity index is 1.59. The first-order valence-corrected chi connectivity index (χ1v) is 9.92. The number of nitrogens with one attached hydrogen (secondary N) is 3. The van der Waals surface area contributed by atoms with E-state index in [0.717, 1.165) is 24.2 Å². The summed E-state index contributed by atoms with van der Waals surface area (Å²) >= 11 is 0. The molecule has 10 nitrogen and oxygen atoms in total. The van der Waals surface area contributed by atoms with Crippen LogP contribution in [0.25, 0.3) is 11.7 Å². The minimum Gasteiger partial charge on any atom is -0.496 e. The number of nitrogens with zero attached hydrogens (tertiary/aromatic N) is 4. The molecule has 0 spiro atoms. The topological polar surface area (TPSA) is 133 Å². The van der Waals surface area contributed by atoms with Gasteiger partial charge < -0.3 is 20.1 Å². The van der Waals surface area contributed by atoms with Crippen LogP contribution < -0.4 is 26.4 Å². The molecule has 1 aromatic carbocycles. The number of H-pyrrole nitrogens is 2. The first kappa shape index (κ1) is 18.9. The third-order valence-corrected chi connectivity index (χ3v) is 5.03. The molecule has 31 heavy (non-hydrogen) atoms. The van der Waals surface area contributed by atoms with Gasteiger partial charge >= 0.3 is 5.69 Å². The molecular formula is C21H21N7O3. The standard InChI is InChI=1S/C21H21N7O3/c1-31-16-5-3-2-4-12(16)10-22-17-9-18(24-14-6-7-14)28-19(26-17)13(11-23-28)8-15-20(29)27-21(30)25-15/h2-5,8-9,11,14,22,29H,6-7,10H2,1H3,(H2,25,27,30)/b13-8+,24-18?. The Morgan fingerprint density at radius 1 is 1.35 bits per heavy atom. The lowest BCUT2D eigenvalue weighted by Gasteiger charge is -2.10. The zero-order valence-corrected chi connectivity index (χ0v) is 16.8. The summed E-state index contributed by atoms with van der Waals surface area (Å²) in [5.41, 5.74) is 2.03. The van der Waals surface area contributed by atoms with Crippen LogP contribution in [0.1, 0.15) is 24.1 Å². The predicted octanol–water partition coefficient (Wildman–Crippen LogP) is 0.683. The minimum absolute atomic E-state index is 0.238. The third-order valence-electron chi connectivity index (χ3n) is 5.03. The molecule has 3 aromatic heterocycles. The van der Waals surface area contributed by atoms with E-state index >= 15 is 0 Å². The van der Waals surface area contributed by atoms with Gasteiger partial charge in [-0.05, 0) is 25.0 Å². The van der Waals surface area contributed by atoms with Crippen molar-refractivity contribution in [2.24, 2.45) is 4.99 Å². The van der Waals surface area contributed by atoms with Gasteiger partial charge in [0.15, 0.2) is 11.1 Å². The Hall–Kier alpha value is -4.08. The highest BCUT2D eigenvalue weighted by Crippen LogP contribution is 2.22. The van der Waals surface area contributed by atoms with Crippen molar-refractivity contribution in [1.82, 2.24) is 24.6 Å². The van der Waals surface area contributed by atoms with E-state index in [0.29, 0.717) is 34.8 Å². The second-order valence-electron chi connectivity index (χ2n) is 7.35. The number of aromatic amines is 2. The Morgan fingerprint density at radius 3 is 2.94 bits per heavy atom. The lowest BCUT2D eigenvalue weighted by atomic mass is 10.2. The van der Waals surface area contributed by atoms with Crippen molar-refractivity contribution < 1.29 is 9.84 Å². The van der Waals surface area contributed by atoms with Crippen LogP contribution in [-0.2, 0) is 6.54 Å². The highest BCUT2D eigenvalue weighted by Gasteiger charge is 2.20. The number of anilines is 1. The molecule has 0 aliphatic heterocycles. The Labute approximate surface area is 176 Å². The van der Waals surface area contributed by atoms with Crippen molar-refractivity contribution in [2.45, 2.75) is 25.4 Å². The SMILES string of the molecule is COc1ccccc1CNc1cc(=NC2CC2)n2nc/c(=C\c3[nH]c(=O)[nH]c3O)c2n1. The number of aromatic nitrogens is 5. The zero-order chi connectivity index (χ0) is 21.4. The number of ether oxygens (including phenoxy) is 1. The van der Waals surface area contributed by atoms with E-state index in [-0.39, 0.29) is 11.6 Å². The van der Waals surface area contributed by atoms with Gasteiger partial charge in [-0.2, -0.15) is 9.61 Å². The van der Waals surface area contributed by atoms with Gasteiger partial charge in [0, 0.05) is 23.4 Å². The molecule has 0 radical (unpaired) electrons. The molecule has 158 valence electrons. The highest BCUT2D eigenvalue weighted by molar-refractivity contribution is 5.58. The van der Waals surface area contributed by atoms with Crippen LogP contribution >= 0.6 is 0 Å². The summed E-state index contributed by atoms with van der Waals surface area (Å²) < 4.78 is 7.09. The van der Waals surface area contributed by atoms with Crippen LogP contribution in [0.15, 0.2) is 46.3 Å². The molecule has 3 heterocycles. The average Bonchev–Trinajstić information content (AvgIpc) is 3.41. The molecule has 10 heteroatoms. The number of para-hydroxylation sites is 1. The summed E-state index contributed by atoms with van der Waals surface area (Å²) in [5, 5.41) is 18.3. The number of fused-ring (bicyclic) bond motifs is 1. The van der Waals surface area contributed by atoms with E-state index in [2.05, 4.69) is 20.4 Å². The average molecular weight is 419 g/mol. The van der Waals surface area contributed by atoms with Crippen LogP contribution in [0.2, 0.25) is 0 Å². The molecule has 0 amide bonds. The fraction of sp³-hybridized carbons (Fsp3) is 0.238. The maximum atomic E-state index is 11.4. The van der Waals surface area contributed by atoms with Crippen molar-refractivity contribution in [3.8, 4) is 11.6 Å². The van der Waals surface area contributed by atoms with E-state index in [4.69, 9.17) is 14.7 Å². The van der Waals surface area contributed by atoms with Gasteiger partial charge in [-0.15, -0.1) is 0 Å². The maximum Gasteiger partial charge on any atom is 0.326 e. The fourth-order valence-corrected chi connectivity index (χ4v) is 3.32. The lowest BCUT2D eigenvalue weighted by Crippen LogP contribution is -2.20. The van der Waals surface area contributed by atoms with Crippen molar-refractivity contribution in [3.63, 3.8) is 0 Å². The van der Waals surface area contributed by atoms with Gasteiger partial charge in [-0.1, -0.05) is 18.2 Å². The van der Waals surface area contributed by atoms with Crippen molar-refractivity contribution >= 4 is 17.5 Å². The van der Waals surface area contributed by atoms with Gasteiger partial charge in [0.2, 0.25) is 5.88 Å². The number of methoxy groups -OCH3 is 1. The normalized spacial score (nSPS) is 15.0. The number of imidazole rings is 1. The summed E-state index contributed by atoms with van der Waals surface area (Å²) in [6.07, 6.45) is 5.37. The summed E-state index contributed by atoms with van der Waals surface area (Å²) in [6, 6.07) is 9.95. The van der Waals surface area contributed by atoms with E-state index in [1.165, 1.54) is 0 Å². The Bertz CT molecular complexity index is 1430. The number of aromatic hydroxyl groups is 1. The van der Waals surface area contributed by atoms with Crippen molar-refractivity contribution in [2.75, 3.05) is 12.4 Å². The smallest absolute Gasteiger partial charge is 0.326 e. The van der Waals surface area contributed by atoms with Crippen LogP contribution in [0, 0.1) is 0 Å². The lowest BCUT2D eigenvalue weighted by molar-refractivity contribution is 0.410. The summed E-state index contributed by atoms with van der Waals surface area (Å²) in [6.45, 7) is 0.523. The van der Waals surface area contributed by atoms with E-state index < -0.39 is 5.69 Å². The van der Waals surface area contributed by atoms with E-state index in [1.54, 1.807) is 23.9 Å². The largest absolute Gasteiger partial charge is 0.496 e. The summed E-state index contributed by atoms with van der Waals surface area (Å²) in [5.74, 6) is 1.20. The van der Waals surface area contributed by atoms with Crippen molar-refractivity contribution in [1.29, 1.82) is 0 Å². The minimum atomic E-state index is -0.489. The quantitative estimate of drug-likeness (QED) is 0.363. The molecule has 1 aliphatic rings. The predicted molar refractivity (Wildman–Crippen MR) is 114 cm³/mol. The molecule has 4 N–H and O–H groups in total. The third kappa shape index (κ3) is 3.87. The van der Waals surface area contributed by atoms with Gasteiger partial charge in [-0.3, -0.25) is 9.98 Å². The van der Waals surface area contributed by atoms with Gasteiger partial charge in [0.25, 0.3) is 0 Å². The molecule has 0 atom stereocenters. The molecule has 0 saturated heterocycles. The Morgan fingerprint density at radius 2 is 2.19 bits per heavy atom. The molecule has 1 aliphatic carbocycles. The maximum absolute atomic E-state index is 11.4. The number of rotatable bonds is 6. The van der Waals surface area contributed by atoms with E-state index in [1.807, 2.05) is 30.3 Å². The van der Waals surface area contributed by atoms with E-state index in [9.17, 15) is 9.90 Å². The van der Waals surface area contributed by atoms with Gasteiger partial charge in [0.05, 0.1) is 19.3 Å². The molecule has 5 rings (SSSR count). The van der Waals surface area contributed by atoms with Gasteiger partial charge in [0.1, 0.15) is 17.3 Å². The number of benzene rings is 1. The molecular weight excluding hydrogens is 398 g/mol. The first-order valence-electron chi connectivity index (χ1n) is 9.92. The van der Waals surface area contributed by atoms with Crippen LogP contribution in [0.5, 0.6) is 11.6 Å². The van der Waals surface area contributed by atoms with Gasteiger partial charge in [-0.25, -0.2) is 9.78 Å². The van der Waals surface area contributed by atoms with Crippen LogP contribution in [-0.4, -0.2) is 42.8 Å². The second-order valence-corrected chi connectivity index (χ2v) is 7.35. The highest BCUT2D eigenvalue weighted by atomic mass is 16.5. The summed E-state index contributed by atoms with van der Waals surface area (Å²) in [7, 11) is 1.64. The van der Waals surface area contributed by atoms with Crippen LogP contribution in [0.3, 0.4) is 0 Å². The molecule has 4 aromatic rings. The molecule has 1 saturated carbocycles. The first-order chi connectivity index (χ1) is 15.1. The number of hydrogen-bond acceptors (Lipinski definition) is 7. The Kier molecular flexibility index (Phi) is 4.66. The second kappa shape index (κ2) is 7.63. The molecule has 0 unspecified atom stereocenters. The van der Waals surface area contributed by atoms with Crippen molar-refractivity contribution in [3.05, 3.63) is 69.0 Å².